The van der Waals surface area contributed by atoms with Crippen molar-refractivity contribution in [3.05, 3.63) is 34.2 Å². The van der Waals surface area contributed by atoms with Crippen molar-refractivity contribution in [2.45, 2.75) is 13.8 Å². The molecule has 0 bridgehead atoms. The molecule has 1 heterocycles. The Morgan fingerprint density at radius 3 is 2.67 bits per heavy atom. The van der Waals surface area contributed by atoms with Crippen molar-refractivity contribution < 1.29 is 4.79 Å². The Balaban J connectivity index is 2.94. The normalized spacial score (nSPS) is 11.4. The summed E-state index contributed by atoms with van der Waals surface area (Å²) in [7, 11) is 3.31. The van der Waals surface area contributed by atoms with Crippen molar-refractivity contribution in [2.75, 3.05) is 20.1 Å². The van der Waals surface area contributed by atoms with Crippen LogP contribution in [0.2, 0.25) is 0 Å². The summed E-state index contributed by atoms with van der Waals surface area (Å²) in [5, 5.41) is 0. The van der Waals surface area contributed by atoms with E-state index in [1.807, 2.05) is 13.8 Å². The number of aromatic nitrogens is 1. The molecule has 2 N–H and O–H groups in total. The number of carbonyl (C=O) groups is 1. The van der Waals surface area contributed by atoms with Crippen LogP contribution >= 0.6 is 0 Å². The Morgan fingerprint density at radius 1 is 1.50 bits per heavy atom. The number of pyridine rings is 1. The molecule has 0 aliphatic heterocycles. The van der Waals surface area contributed by atoms with Gasteiger partial charge in [0.05, 0.1) is 0 Å². The van der Waals surface area contributed by atoms with Gasteiger partial charge >= 0.3 is 0 Å². The first-order valence-corrected chi connectivity index (χ1v) is 5.90. The van der Waals surface area contributed by atoms with Crippen molar-refractivity contribution in [3.63, 3.8) is 0 Å². The molecule has 1 aromatic rings. The summed E-state index contributed by atoms with van der Waals surface area (Å²) in [6.07, 6.45) is 1.63. The predicted molar refractivity (Wildman–Crippen MR) is 71.5 cm³/mol. The van der Waals surface area contributed by atoms with E-state index in [-0.39, 0.29) is 22.4 Å². The molecule has 1 amide bonds. The molecule has 0 aromatic carbocycles. The molecule has 0 fully saturated rings. The maximum atomic E-state index is 12.2. The molecule has 0 aliphatic carbocycles. The average Bonchev–Trinajstić information content (AvgIpc) is 2.31. The number of amides is 1. The highest BCUT2D eigenvalue weighted by molar-refractivity contribution is 5.93. The Labute approximate surface area is 107 Å². The van der Waals surface area contributed by atoms with Gasteiger partial charge in [-0.15, -0.1) is 0 Å². The molecule has 100 valence electrons. The van der Waals surface area contributed by atoms with Crippen LogP contribution in [0.1, 0.15) is 24.2 Å². The molecule has 1 aromatic heterocycles. The fourth-order valence-electron chi connectivity index (χ4n) is 1.74. The Hall–Kier alpha value is -1.62. The zero-order valence-corrected chi connectivity index (χ0v) is 11.4. The van der Waals surface area contributed by atoms with Crippen molar-refractivity contribution in [1.29, 1.82) is 0 Å². The number of hydrogen-bond donors (Lipinski definition) is 1. The second kappa shape index (κ2) is 5.35. The molecule has 0 saturated heterocycles. The molecular weight excluding hydrogens is 230 g/mol. The maximum absolute atomic E-state index is 12.2. The predicted octanol–water partition coefficient (Wildman–Crippen LogP) is 0.442. The van der Waals surface area contributed by atoms with Crippen LogP contribution in [0.25, 0.3) is 0 Å². The standard InChI is InChI=1S/C13H21N3O2/c1-13(2,8-14)9-16(4)12(18)10-6-5-7-15(3)11(10)17/h5-7H,8-9,14H2,1-4H3. The maximum Gasteiger partial charge on any atom is 0.263 e. The van der Waals surface area contributed by atoms with Gasteiger partial charge in [0.25, 0.3) is 11.5 Å². The monoisotopic (exact) mass is 251 g/mol. The van der Waals surface area contributed by atoms with E-state index < -0.39 is 0 Å². The van der Waals surface area contributed by atoms with E-state index in [0.29, 0.717) is 13.1 Å². The van der Waals surface area contributed by atoms with Crippen LogP contribution in [0, 0.1) is 5.41 Å². The minimum Gasteiger partial charge on any atom is -0.341 e. The van der Waals surface area contributed by atoms with Crippen LogP contribution in [0.4, 0.5) is 0 Å². The highest BCUT2D eigenvalue weighted by Crippen LogP contribution is 2.14. The highest BCUT2D eigenvalue weighted by atomic mass is 16.2. The number of nitrogens with two attached hydrogens (primary N) is 1. The molecule has 5 heteroatoms. The average molecular weight is 251 g/mol. The second-order valence-corrected chi connectivity index (χ2v) is 5.37. The van der Waals surface area contributed by atoms with E-state index in [9.17, 15) is 9.59 Å². The van der Waals surface area contributed by atoms with Crippen LogP contribution in [0.15, 0.2) is 23.1 Å². The van der Waals surface area contributed by atoms with E-state index in [1.165, 1.54) is 4.57 Å². The first-order chi connectivity index (χ1) is 8.28. The summed E-state index contributed by atoms with van der Waals surface area (Å²) < 4.78 is 1.40. The number of nitrogens with zero attached hydrogens (tertiary/aromatic N) is 2. The zero-order chi connectivity index (χ0) is 13.9. The van der Waals surface area contributed by atoms with Gasteiger partial charge in [0, 0.05) is 26.8 Å². The third kappa shape index (κ3) is 3.20. The first-order valence-electron chi connectivity index (χ1n) is 5.90. The fourth-order valence-corrected chi connectivity index (χ4v) is 1.74. The molecule has 0 atom stereocenters. The molecule has 0 radical (unpaired) electrons. The summed E-state index contributed by atoms with van der Waals surface area (Å²) in [4.78, 5) is 25.6. The van der Waals surface area contributed by atoms with Crippen molar-refractivity contribution in [2.24, 2.45) is 18.2 Å². The van der Waals surface area contributed by atoms with Crippen LogP contribution in [-0.4, -0.2) is 35.5 Å². The smallest absolute Gasteiger partial charge is 0.263 e. The van der Waals surface area contributed by atoms with Gasteiger partial charge in [0.1, 0.15) is 5.56 Å². The summed E-state index contributed by atoms with van der Waals surface area (Å²) >= 11 is 0. The lowest BCUT2D eigenvalue weighted by Crippen LogP contribution is -2.41. The lowest BCUT2D eigenvalue weighted by molar-refractivity contribution is 0.0738. The number of aryl methyl sites for hydroxylation is 1. The lowest BCUT2D eigenvalue weighted by atomic mass is 9.93. The summed E-state index contributed by atoms with van der Waals surface area (Å²) in [6, 6.07) is 3.24. The van der Waals surface area contributed by atoms with Gasteiger partial charge in [-0.05, 0) is 24.1 Å². The topological polar surface area (TPSA) is 68.3 Å². The second-order valence-electron chi connectivity index (χ2n) is 5.37. The minimum absolute atomic E-state index is 0.162. The minimum atomic E-state index is -0.278. The number of hydrogen-bond acceptors (Lipinski definition) is 3. The van der Waals surface area contributed by atoms with Gasteiger partial charge < -0.3 is 15.2 Å². The van der Waals surface area contributed by atoms with Gasteiger partial charge in [-0.1, -0.05) is 13.8 Å². The van der Waals surface area contributed by atoms with Gasteiger partial charge in [-0.3, -0.25) is 9.59 Å². The summed E-state index contributed by atoms with van der Waals surface area (Å²) in [6.45, 7) is 4.97. The SMILES string of the molecule is CN(CC(C)(C)CN)C(=O)c1cccn(C)c1=O. The molecule has 5 nitrogen and oxygen atoms in total. The summed E-state index contributed by atoms with van der Waals surface area (Å²) in [5.74, 6) is -0.266. The zero-order valence-electron chi connectivity index (χ0n) is 11.4. The van der Waals surface area contributed by atoms with Crippen LogP contribution < -0.4 is 11.3 Å². The van der Waals surface area contributed by atoms with Crippen LogP contribution in [0.3, 0.4) is 0 Å². The molecule has 0 spiro atoms. The molecule has 1 rings (SSSR count). The van der Waals surface area contributed by atoms with Gasteiger partial charge in [-0.25, -0.2) is 0 Å². The highest BCUT2D eigenvalue weighted by Gasteiger charge is 2.23. The van der Waals surface area contributed by atoms with E-state index >= 15 is 0 Å². The molecule has 0 aliphatic rings. The number of rotatable bonds is 4. The molecule has 0 unspecified atom stereocenters. The Bertz CT molecular complexity index is 491. The van der Waals surface area contributed by atoms with Crippen LogP contribution in [-0.2, 0) is 7.05 Å². The molecule has 18 heavy (non-hydrogen) atoms. The Morgan fingerprint density at radius 2 is 2.11 bits per heavy atom. The van der Waals surface area contributed by atoms with E-state index in [2.05, 4.69) is 0 Å². The largest absolute Gasteiger partial charge is 0.341 e. The van der Waals surface area contributed by atoms with Gasteiger partial charge in [0.2, 0.25) is 0 Å². The number of carbonyl (C=O) groups excluding carboxylic acids is 1. The lowest BCUT2D eigenvalue weighted by Gasteiger charge is -2.28. The van der Waals surface area contributed by atoms with Crippen molar-refractivity contribution in [1.82, 2.24) is 9.47 Å². The summed E-state index contributed by atoms with van der Waals surface area (Å²) in [5.41, 5.74) is 5.39. The van der Waals surface area contributed by atoms with E-state index in [4.69, 9.17) is 5.73 Å². The van der Waals surface area contributed by atoms with Crippen LogP contribution in [0.5, 0.6) is 0 Å². The third-order valence-electron chi connectivity index (χ3n) is 2.92. The quantitative estimate of drug-likeness (QED) is 0.844. The Kier molecular flexibility index (Phi) is 4.29. The first kappa shape index (κ1) is 14.4. The molecule has 0 saturated carbocycles. The van der Waals surface area contributed by atoms with E-state index in [1.54, 1.807) is 37.3 Å². The van der Waals surface area contributed by atoms with Crippen molar-refractivity contribution >= 4 is 5.91 Å². The van der Waals surface area contributed by atoms with Crippen molar-refractivity contribution in [3.8, 4) is 0 Å². The fraction of sp³-hybridized carbons (Fsp3) is 0.538. The van der Waals surface area contributed by atoms with E-state index in [0.717, 1.165) is 0 Å². The van der Waals surface area contributed by atoms with Gasteiger partial charge in [0.15, 0.2) is 0 Å². The van der Waals surface area contributed by atoms with Gasteiger partial charge in [-0.2, -0.15) is 0 Å². The third-order valence-corrected chi connectivity index (χ3v) is 2.92. The molecular formula is C13H21N3O2.